The average Bonchev–Trinajstić information content (AvgIpc) is 2.36. The molecule has 0 fully saturated rings. The molecule has 0 N–H and O–H groups in total. The van der Waals surface area contributed by atoms with Crippen LogP contribution in [0.5, 0.6) is 5.75 Å². The van der Waals surface area contributed by atoms with Crippen molar-refractivity contribution in [2.45, 2.75) is 19.8 Å². The maximum atomic E-state index is 13.2. The van der Waals surface area contributed by atoms with Crippen LogP contribution in [0.3, 0.4) is 0 Å². The first-order valence-corrected chi connectivity index (χ1v) is 5.59. The van der Waals surface area contributed by atoms with E-state index in [2.05, 4.69) is 4.74 Å². The van der Waals surface area contributed by atoms with E-state index in [4.69, 9.17) is 4.74 Å². The fourth-order valence-corrected chi connectivity index (χ4v) is 1.47. The minimum atomic E-state index is -3.12. The van der Waals surface area contributed by atoms with Gasteiger partial charge in [-0.05, 0) is 25.1 Å². The van der Waals surface area contributed by atoms with Crippen LogP contribution < -0.4 is 4.74 Å². The Labute approximate surface area is 109 Å². The Hall–Kier alpha value is -1.98. The van der Waals surface area contributed by atoms with Crippen molar-refractivity contribution in [1.82, 2.24) is 0 Å². The molecule has 0 saturated heterocycles. The van der Waals surface area contributed by atoms with E-state index in [1.165, 1.54) is 13.2 Å². The molecular weight excluding hydrogens is 258 g/mol. The second-order valence-electron chi connectivity index (χ2n) is 3.85. The number of ether oxygens (including phenoxy) is 2. The van der Waals surface area contributed by atoms with Gasteiger partial charge < -0.3 is 9.47 Å². The molecule has 0 saturated carbocycles. The number of rotatable bonds is 5. The van der Waals surface area contributed by atoms with E-state index in [0.29, 0.717) is 6.92 Å². The van der Waals surface area contributed by atoms with Crippen molar-refractivity contribution < 1.29 is 27.8 Å². The smallest absolute Gasteiger partial charge is 0.379 e. The van der Waals surface area contributed by atoms with Crippen LogP contribution in [-0.4, -0.2) is 25.5 Å². The fourth-order valence-electron chi connectivity index (χ4n) is 1.47. The van der Waals surface area contributed by atoms with Crippen molar-refractivity contribution in [1.29, 1.82) is 0 Å². The number of benzene rings is 1. The average molecular weight is 272 g/mol. The summed E-state index contributed by atoms with van der Waals surface area (Å²) in [5.41, 5.74) is -0.610. The topological polar surface area (TPSA) is 52.6 Å². The number of hydrogen-bond donors (Lipinski definition) is 0. The van der Waals surface area contributed by atoms with Gasteiger partial charge in [0.25, 0.3) is 11.7 Å². The maximum Gasteiger partial charge on any atom is 0.379 e. The van der Waals surface area contributed by atoms with Crippen molar-refractivity contribution >= 4 is 11.8 Å². The molecule has 0 atom stereocenters. The van der Waals surface area contributed by atoms with Crippen molar-refractivity contribution in [3.05, 3.63) is 29.3 Å². The number of carbonyl (C=O) groups is 2. The predicted octanol–water partition coefficient (Wildman–Crippen LogP) is 2.55. The lowest BCUT2D eigenvalue weighted by Gasteiger charge is -2.14. The van der Waals surface area contributed by atoms with Crippen LogP contribution in [0.25, 0.3) is 0 Å². The zero-order valence-electron chi connectivity index (χ0n) is 10.8. The van der Waals surface area contributed by atoms with E-state index in [9.17, 15) is 18.4 Å². The quantitative estimate of drug-likeness (QED) is 0.469. The second-order valence-corrected chi connectivity index (χ2v) is 3.85. The molecule has 0 radical (unpaired) electrons. The Morgan fingerprint density at radius 1 is 1.32 bits per heavy atom. The van der Waals surface area contributed by atoms with E-state index in [1.54, 1.807) is 6.92 Å². The van der Waals surface area contributed by atoms with Gasteiger partial charge in [0.05, 0.1) is 19.3 Å². The summed E-state index contributed by atoms with van der Waals surface area (Å²) < 4.78 is 35.9. The van der Waals surface area contributed by atoms with E-state index >= 15 is 0 Å². The monoisotopic (exact) mass is 272 g/mol. The molecule has 0 bridgehead atoms. The molecule has 0 aromatic heterocycles. The highest BCUT2D eigenvalue weighted by molar-refractivity contribution is 6.41. The zero-order chi connectivity index (χ0) is 14.6. The first kappa shape index (κ1) is 15.1. The molecule has 0 aliphatic rings. The molecule has 1 aromatic rings. The zero-order valence-corrected chi connectivity index (χ0v) is 10.8. The molecule has 0 spiro atoms. The molecule has 1 aromatic carbocycles. The molecule has 6 heteroatoms. The third-order valence-corrected chi connectivity index (χ3v) is 2.41. The summed E-state index contributed by atoms with van der Waals surface area (Å²) in [5, 5.41) is 0. The lowest BCUT2D eigenvalue weighted by atomic mass is 10.0. The number of halogens is 2. The fraction of sp³-hybridized carbons (Fsp3) is 0.385. The molecule has 0 heterocycles. The van der Waals surface area contributed by atoms with Crippen LogP contribution in [0.1, 0.15) is 29.8 Å². The molecule has 104 valence electrons. The van der Waals surface area contributed by atoms with E-state index in [-0.39, 0.29) is 23.5 Å². The van der Waals surface area contributed by atoms with Gasteiger partial charge in [-0.25, -0.2) is 13.6 Å². The highest BCUT2D eigenvalue weighted by Gasteiger charge is 2.28. The molecule has 0 aliphatic carbocycles. The molecule has 0 amide bonds. The summed E-state index contributed by atoms with van der Waals surface area (Å²) in [7, 11) is 1.28. The predicted molar refractivity (Wildman–Crippen MR) is 63.5 cm³/mol. The normalized spacial score (nSPS) is 11.0. The Bertz CT molecular complexity index is 492. The van der Waals surface area contributed by atoms with E-state index in [0.717, 1.165) is 12.1 Å². The first-order valence-electron chi connectivity index (χ1n) is 5.59. The van der Waals surface area contributed by atoms with Gasteiger partial charge in [-0.3, -0.25) is 4.79 Å². The summed E-state index contributed by atoms with van der Waals surface area (Å²) in [6.07, 6.45) is 0. The summed E-state index contributed by atoms with van der Waals surface area (Å²) >= 11 is 0. The van der Waals surface area contributed by atoms with Crippen LogP contribution in [0, 0.1) is 0 Å². The minimum Gasteiger partial charge on any atom is -0.496 e. The van der Waals surface area contributed by atoms with Gasteiger partial charge in [0.15, 0.2) is 0 Å². The van der Waals surface area contributed by atoms with Crippen molar-refractivity contribution in [3.8, 4) is 5.75 Å². The number of hydrogen-bond acceptors (Lipinski definition) is 4. The van der Waals surface area contributed by atoms with Gasteiger partial charge >= 0.3 is 5.97 Å². The van der Waals surface area contributed by atoms with Gasteiger partial charge in [-0.2, -0.15) is 0 Å². The summed E-state index contributed by atoms with van der Waals surface area (Å²) in [4.78, 5) is 23.2. The van der Waals surface area contributed by atoms with Crippen molar-refractivity contribution in [2.75, 3.05) is 13.7 Å². The number of methoxy groups -OCH3 is 1. The number of esters is 1. The first-order chi connectivity index (χ1) is 8.81. The van der Waals surface area contributed by atoms with Gasteiger partial charge in [-0.15, -0.1) is 0 Å². The Morgan fingerprint density at radius 2 is 1.95 bits per heavy atom. The second kappa shape index (κ2) is 5.77. The molecule has 0 aliphatic heterocycles. The lowest BCUT2D eigenvalue weighted by molar-refractivity contribution is -0.137. The molecule has 19 heavy (non-hydrogen) atoms. The number of Topliss-reactive ketones (excluding diaryl/α,β-unsaturated/α-hetero) is 1. The van der Waals surface area contributed by atoms with Crippen molar-refractivity contribution in [2.24, 2.45) is 0 Å². The van der Waals surface area contributed by atoms with Gasteiger partial charge in [0.2, 0.25) is 0 Å². The van der Waals surface area contributed by atoms with Gasteiger partial charge in [-0.1, -0.05) is 0 Å². The number of alkyl halides is 2. The van der Waals surface area contributed by atoms with Gasteiger partial charge in [0.1, 0.15) is 5.75 Å². The molecule has 1 rings (SSSR count). The Balaban J connectivity index is 3.23. The van der Waals surface area contributed by atoms with Gasteiger partial charge in [0, 0.05) is 12.5 Å². The molecule has 0 unspecified atom stereocenters. The summed E-state index contributed by atoms with van der Waals surface area (Å²) in [6.45, 7) is 2.27. The maximum absolute atomic E-state index is 13.2. The van der Waals surface area contributed by atoms with Crippen LogP contribution >= 0.6 is 0 Å². The van der Waals surface area contributed by atoms with E-state index in [1.807, 2.05) is 0 Å². The molecular formula is C13H14F2O4. The Kier molecular flexibility index (Phi) is 4.58. The van der Waals surface area contributed by atoms with E-state index < -0.39 is 17.7 Å². The van der Waals surface area contributed by atoms with Crippen molar-refractivity contribution in [3.63, 3.8) is 0 Å². The third-order valence-electron chi connectivity index (χ3n) is 2.41. The van der Waals surface area contributed by atoms with Crippen LogP contribution in [-0.2, 0) is 15.5 Å². The Morgan fingerprint density at radius 3 is 2.42 bits per heavy atom. The standard InChI is InChI=1S/C13H14F2O4/c1-4-19-12(17)11(16)9-7-8(13(2,14)15)5-6-10(9)18-3/h5-7H,4H2,1-3H3. The SMILES string of the molecule is CCOC(=O)C(=O)c1cc(C(C)(F)F)ccc1OC. The lowest BCUT2D eigenvalue weighted by Crippen LogP contribution is -2.19. The highest BCUT2D eigenvalue weighted by Crippen LogP contribution is 2.31. The minimum absolute atomic E-state index is 0.0243. The summed E-state index contributed by atoms with van der Waals surface area (Å²) in [5.74, 6) is -5.18. The highest BCUT2D eigenvalue weighted by atomic mass is 19.3. The number of carbonyl (C=O) groups excluding carboxylic acids is 2. The largest absolute Gasteiger partial charge is 0.496 e. The van der Waals surface area contributed by atoms with Crippen LogP contribution in [0.4, 0.5) is 8.78 Å². The van der Waals surface area contributed by atoms with Crippen LogP contribution in [0.2, 0.25) is 0 Å². The van der Waals surface area contributed by atoms with Crippen LogP contribution in [0.15, 0.2) is 18.2 Å². The third kappa shape index (κ3) is 3.49. The molecule has 4 nitrogen and oxygen atoms in total. The summed E-state index contributed by atoms with van der Waals surface area (Å²) in [6, 6.07) is 3.30. The number of ketones is 1.